The number of rotatable bonds is 7. The lowest BCUT2D eigenvalue weighted by atomic mass is 10.1. The molecule has 1 aromatic heterocycles. The third-order valence-electron chi connectivity index (χ3n) is 5.21. The van der Waals surface area contributed by atoms with Crippen LogP contribution in [0.1, 0.15) is 22.8 Å². The zero-order valence-electron chi connectivity index (χ0n) is 19.2. The molecule has 0 spiro atoms. The first-order chi connectivity index (χ1) is 16.9. The summed E-state index contributed by atoms with van der Waals surface area (Å²) in [5, 5.41) is 9.03. The second-order valence-corrected chi connectivity index (χ2v) is 7.75. The zero-order valence-corrected chi connectivity index (χ0v) is 19.2. The maximum absolute atomic E-state index is 13.2. The summed E-state index contributed by atoms with van der Waals surface area (Å²) >= 11 is 0. The van der Waals surface area contributed by atoms with Crippen molar-refractivity contribution in [3.63, 3.8) is 0 Å². The predicted molar refractivity (Wildman–Crippen MR) is 136 cm³/mol. The van der Waals surface area contributed by atoms with E-state index in [-0.39, 0.29) is 11.6 Å². The SMILES string of the molecule is COc1ccc2[nH]cc(C=C(NC(=O)c3ccccc3)C(=O)Nc3ccc(NC(C)=O)cc3)c2c1. The molecule has 35 heavy (non-hydrogen) atoms. The molecule has 0 bridgehead atoms. The van der Waals surface area contributed by atoms with E-state index in [2.05, 4.69) is 20.9 Å². The summed E-state index contributed by atoms with van der Waals surface area (Å²) in [6.07, 6.45) is 3.37. The van der Waals surface area contributed by atoms with E-state index in [0.29, 0.717) is 28.3 Å². The standard InChI is InChI=1S/C27H24N4O4/c1-17(32)29-20-8-10-21(11-9-20)30-27(34)25(31-26(33)18-6-4-3-5-7-18)14-19-16-28-24-13-12-22(35-2)15-23(19)24/h3-16,28H,1-2H3,(H,29,32)(H,30,34)(H,31,33). The summed E-state index contributed by atoms with van der Waals surface area (Å²) in [6, 6.07) is 20.9. The van der Waals surface area contributed by atoms with Gasteiger partial charge in [-0.25, -0.2) is 0 Å². The molecule has 0 unspecified atom stereocenters. The van der Waals surface area contributed by atoms with Crippen molar-refractivity contribution < 1.29 is 19.1 Å². The van der Waals surface area contributed by atoms with Crippen LogP contribution in [0.15, 0.2) is 84.7 Å². The Morgan fingerprint density at radius 1 is 0.886 bits per heavy atom. The largest absolute Gasteiger partial charge is 0.497 e. The normalized spacial score (nSPS) is 11.1. The summed E-state index contributed by atoms with van der Waals surface area (Å²) in [4.78, 5) is 40.5. The number of hydrogen-bond acceptors (Lipinski definition) is 4. The Balaban J connectivity index is 1.65. The first-order valence-electron chi connectivity index (χ1n) is 10.8. The van der Waals surface area contributed by atoms with E-state index in [1.54, 1.807) is 67.9 Å². The maximum atomic E-state index is 13.2. The third-order valence-corrected chi connectivity index (χ3v) is 5.21. The van der Waals surface area contributed by atoms with Crippen LogP contribution in [0, 0.1) is 0 Å². The fourth-order valence-electron chi connectivity index (χ4n) is 3.50. The number of aromatic amines is 1. The molecule has 8 nitrogen and oxygen atoms in total. The van der Waals surface area contributed by atoms with Crippen LogP contribution in [-0.4, -0.2) is 29.8 Å². The Morgan fingerprint density at radius 2 is 1.57 bits per heavy atom. The molecule has 3 aromatic carbocycles. The highest BCUT2D eigenvalue weighted by molar-refractivity contribution is 6.11. The number of methoxy groups -OCH3 is 1. The Hall–Kier alpha value is -4.85. The van der Waals surface area contributed by atoms with Crippen LogP contribution in [0.3, 0.4) is 0 Å². The fourth-order valence-corrected chi connectivity index (χ4v) is 3.50. The zero-order chi connectivity index (χ0) is 24.8. The number of aromatic nitrogens is 1. The molecule has 4 aromatic rings. The van der Waals surface area contributed by atoms with Crippen LogP contribution in [0.25, 0.3) is 17.0 Å². The number of carbonyl (C=O) groups excluding carboxylic acids is 3. The lowest BCUT2D eigenvalue weighted by Gasteiger charge is -2.12. The maximum Gasteiger partial charge on any atom is 0.272 e. The van der Waals surface area contributed by atoms with Crippen LogP contribution in [0.2, 0.25) is 0 Å². The molecule has 4 N–H and O–H groups in total. The monoisotopic (exact) mass is 468 g/mol. The van der Waals surface area contributed by atoms with Gasteiger partial charge in [-0.15, -0.1) is 0 Å². The third kappa shape index (κ3) is 5.75. The van der Waals surface area contributed by atoms with Gasteiger partial charge in [0.25, 0.3) is 11.8 Å². The van der Waals surface area contributed by atoms with Crippen molar-refractivity contribution in [1.82, 2.24) is 10.3 Å². The molecule has 8 heteroatoms. The summed E-state index contributed by atoms with van der Waals surface area (Å²) in [6.45, 7) is 1.42. The van der Waals surface area contributed by atoms with E-state index in [0.717, 1.165) is 10.9 Å². The number of anilines is 2. The highest BCUT2D eigenvalue weighted by atomic mass is 16.5. The van der Waals surface area contributed by atoms with Gasteiger partial charge in [0.1, 0.15) is 11.4 Å². The topological polar surface area (TPSA) is 112 Å². The second-order valence-electron chi connectivity index (χ2n) is 7.75. The van der Waals surface area contributed by atoms with Crippen LogP contribution >= 0.6 is 0 Å². The highest BCUT2D eigenvalue weighted by Gasteiger charge is 2.16. The van der Waals surface area contributed by atoms with Gasteiger partial charge >= 0.3 is 0 Å². The van der Waals surface area contributed by atoms with E-state index >= 15 is 0 Å². The molecule has 0 saturated heterocycles. The minimum Gasteiger partial charge on any atom is -0.497 e. The highest BCUT2D eigenvalue weighted by Crippen LogP contribution is 2.25. The summed E-state index contributed by atoms with van der Waals surface area (Å²) in [5.41, 5.74) is 3.17. The molecule has 1 heterocycles. The van der Waals surface area contributed by atoms with Gasteiger partial charge in [-0.05, 0) is 60.7 Å². The summed E-state index contributed by atoms with van der Waals surface area (Å²) in [5.74, 6) is -0.430. The molecular weight excluding hydrogens is 444 g/mol. The fraction of sp³-hybridized carbons (Fsp3) is 0.0741. The summed E-state index contributed by atoms with van der Waals surface area (Å²) in [7, 11) is 1.58. The van der Waals surface area contributed by atoms with Crippen molar-refractivity contribution >= 4 is 46.1 Å². The molecular formula is C27H24N4O4. The van der Waals surface area contributed by atoms with Crippen LogP contribution < -0.4 is 20.7 Å². The molecule has 3 amide bonds. The molecule has 4 rings (SSSR count). The number of amides is 3. The van der Waals surface area contributed by atoms with Gasteiger partial charge in [-0.2, -0.15) is 0 Å². The molecule has 0 aliphatic rings. The van der Waals surface area contributed by atoms with E-state index in [1.807, 2.05) is 24.3 Å². The Kier molecular flexibility index (Phi) is 6.92. The molecule has 0 radical (unpaired) electrons. The van der Waals surface area contributed by atoms with Crippen molar-refractivity contribution in [1.29, 1.82) is 0 Å². The van der Waals surface area contributed by atoms with Crippen LogP contribution in [0.5, 0.6) is 5.75 Å². The van der Waals surface area contributed by atoms with Gasteiger partial charge in [0, 0.05) is 46.5 Å². The minimum atomic E-state index is -0.501. The van der Waals surface area contributed by atoms with E-state index < -0.39 is 11.8 Å². The summed E-state index contributed by atoms with van der Waals surface area (Å²) < 4.78 is 5.32. The number of ether oxygens (including phenoxy) is 1. The molecule has 0 aliphatic carbocycles. The molecule has 0 saturated carbocycles. The van der Waals surface area contributed by atoms with E-state index in [9.17, 15) is 14.4 Å². The van der Waals surface area contributed by atoms with Gasteiger partial charge in [0.05, 0.1) is 7.11 Å². The quantitative estimate of drug-likeness (QED) is 0.298. The van der Waals surface area contributed by atoms with Gasteiger partial charge in [-0.3, -0.25) is 14.4 Å². The molecule has 0 fully saturated rings. The van der Waals surface area contributed by atoms with Crippen LogP contribution in [0.4, 0.5) is 11.4 Å². The van der Waals surface area contributed by atoms with E-state index in [1.165, 1.54) is 6.92 Å². The van der Waals surface area contributed by atoms with Crippen molar-refractivity contribution in [3.05, 3.63) is 95.8 Å². The molecule has 0 aliphatic heterocycles. The van der Waals surface area contributed by atoms with Gasteiger partial charge in [0.2, 0.25) is 5.91 Å². The average molecular weight is 469 g/mol. The van der Waals surface area contributed by atoms with Crippen molar-refractivity contribution in [2.75, 3.05) is 17.7 Å². The molecule has 0 atom stereocenters. The van der Waals surface area contributed by atoms with E-state index in [4.69, 9.17) is 4.74 Å². The number of benzene rings is 3. The van der Waals surface area contributed by atoms with Crippen LogP contribution in [-0.2, 0) is 9.59 Å². The van der Waals surface area contributed by atoms with Gasteiger partial charge in [-0.1, -0.05) is 18.2 Å². The number of fused-ring (bicyclic) bond motifs is 1. The Morgan fingerprint density at radius 3 is 2.23 bits per heavy atom. The number of carbonyl (C=O) groups is 3. The minimum absolute atomic E-state index is 0.0634. The predicted octanol–water partition coefficient (Wildman–Crippen LogP) is 4.54. The molecule has 176 valence electrons. The van der Waals surface area contributed by atoms with Crippen molar-refractivity contribution in [2.45, 2.75) is 6.92 Å². The number of nitrogens with one attached hydrogen (secondary N) is 4. The van der Waals surface area contributed by atoms with Crippen molar-refractivity contribution in [3.8, 4) is 5.75 Å². The Labute approximate surface area is 202 Å². The van der Waals surface area contributed by atoms with Crippen molar-refractivity contribution in [2.24, 2.45) is 0 Å². The Bertz CT molecular complexity index is 1410. The van der Waals surface area contributed by atoms with Gasteiger partial charge in [0.15, 0.2) is 0 Å². The first-order valence-corrected chi connectivity index (χ1v) is 10.8. The average Bonchev–Trinajstić information content (AvgIpc) is 3.26. The number of hydrogen-bond donors (Lipinski definition) is 4. The van der Waals surface area contributed by atoms with Gasteiger partial charge < -0.3 is 25.7 Å². The smallest absolute Gasteiger partial charge is 0.272 e. The second kappa shape index (κ2) is 10.4. The lowest BCUT2D eigenvalue weighted by Crippen LogP contribution is -2.30. The first kappa shape index (κ1) is 23.3. The number of H-pyrrole nitrogens is 1. The lowest BCUT2D eigenvalue weighted by molar-refractivity contribution is -0.114.